The van der Waals surface area contributed by atoms with Crippen LogP contribution in [0.2, 0.25) is 0 Å². The molecule has 0 spiro atoms. The third-order valence-corrected chi connectivity index (χ3v) is 3.32. The molecule has 0 saturated carbocycles. The van der Waals surface area contributed by atoms with Crippen LogP contribution in [0.25, 0.3) is 0 Å². The molecule has 2 N–H and O–H groups in total. The minimum Gasteiger partial charge on any atom is -0.467 e. The van der Waals surface area contributed by atoms with Crippen LogP contribution in [0.15, 0.2) is 15.1 Å². The van der Waals surface area contributed by atoms with E-state index in [1.54, 1.807) is 4.57 Å². The number of anilines is 1. The first-order valence-corrected chi connectivity index (χ1v) is 7.36. The number of aromatic nitrogens is 6. The maximum atomic E-state index is 11.7. The highest BCUT2D eigenvalue weighted by molar-refractivity contribution is 7.99. The first kappa shape index (κ1) is 15.3. The number of H-pyrrole nitrogens is 1. The molecule has 0 aromatic carbocycles. The lowest BCUT2D eigenvalue weighted by Gasteiger charge is -2.06. The summed E-state index contributed by atoms with van der Waals surface area (Å²) in [6.07, 6.45) is 0.830. The van der Waals surface area contributed by atoms with Gasteiger partial charge in [-0.1, -0.05) is 6.92 Å². The van der Waals surface area contributed by atoms with Gasteiger partial charge in [-0.3, -0.25) is 4.57 Å². The number of aromatic amines is 1. The van der Waals surface area contributed by atoms with Crippen LogP contribution >= 0.6 is 11.8 Å². The first-order chi connectivity index (χ1) is 10.2. The van der Waals surface area contributed by atoms with E-state index in [9.17, 15) is 4.79 Å². The van der Waals surface area contributed by atoms with Gasteiger partial charge in [0.15, 0.2) is 5.16 Å². The number of nitrogens with one attached hydrogen (secondary N) is 2. The minimum atomic E-state index is -0.243. The quantitative estimate of drug-likeness (QED) is 0.771. The van der Waals surface area contributed by atoms with Gasteiger partial charge < -0.3 is 10.1 Å². The van der Waals surface area contributed by atoms with Crippen LogP contribution < -0.4 is 15.7 Å². The first-order valence-electron chi connectivity index (χ1n) is 6.54. The van der Waals surface area contributed by atoms with Crippen LogP contribution in [0, 0.1) is 0 Å². The Morgan fingerprint density at radius 3 is 2.81 bits per heavy atom. The summed E-state index contributed by atoms with van der Waals surface area (Å²) in [6, 6.07) is 0.211. The minimum absolute atomic E-state index is 0.211. The summed E-state index contributed by atoms with van der Waals surface area (Å²) < 4.78 is 6.60. The van der Waals surface area contributed by atoms with E-state index in [0.29, 0.717) is 29.4 Å². The fourth-order valence-electron chi connectivity index (χ4n) is 1.60. The van der Waals surface area contributed by atoms with E-state index in [2.05, 4.69) is 30.5 Å². The molecule has 0 aliphatic heterocycles. The van der Waals surface area contributed by atoms with Crippen molar-refractivity contribution >= 4 is 17.7 Å². The molecular weight excluding hydrogens is 294 g/mol. The SMILES string of the molecule is CCCn1c(Sc2nc(NCC)nc(OC)n2)n[nH]c1=O. The Balaban J connectivity index is 2.30. The van der Waals surface area contributed by atoms with Crippen molar-refractivity contribution in [3.05, 3.63) is 10.5 Å². The molecule has 0 amide bonds. The molecule has 0 aliphatic carbocycles. The standard InChI is InChI=1S/C11H17N7O2S/c1-4-6-18-10(19)16-17-11(18)21-9-14-7(12-5-2)13-8(15-9)20-3/h4-6H2,1-3H3,(H,16,19)(H,12,13,14,15). The average molecular weight is 311 g/mol. The highest BCUT2D eigenvalue weighted by Crippen LogP contribution is 2.23. The zero-order chi connectivity index (χ0) is 15.2. The van der Waals surface area contributed by atoms with Gasteiger partial charge in [-0.15, -0.1) is 5.10 Å². The Morgan fingerprint density at radius 1 is 1.33 bits per heavy atom. The Labute approximate surface area is 125 Å². The number of ether oxygens (including phenoxy) is 1. The number of nitrogens with zero attached hydrogens (tertiary/aromatic N) is 5. The van der Waals surface area contributed by atoms with Crippen molar-refractivity contribution in [2.45, 2.75) is 37.1 Å². The van der Waals surface area contributed by atoms with Crippen LogP contribution in [0.4, 0.5) is 5.95 Å². The third-order valence-electron chi connectivity index (χ3n) is 2.46. The normalized spacial score (nSPS) is 10.6. The van der Waals surface area contributed by atoms with E-state index in [1.807, 2.05) is 13.8 Å². The van der Waals surface area contributed by atoms with Crippen molar-refractivity contribution in [2.75, 3.05) is 19.0 Å². The topological polar surface area (TPSA) is 111 Å². The predicted molar refractivity (Wildman–Crippen MR) is 77.8 cm³/mol. The fraction of sp³-hybridized carbons (Fsp3) is 0.545. The second-order valence-corrected chi connectivity index (χ2v) is 4.96. The average Bonchev–Trinajstić information content (AvgIpc) is 2.81. The zero-order valence-electron chi connectivity index (χ0n) is 12.1. The van der Waals surface area contributed by atoms with Crippen LogP contribution in [0.3, 0.4) is 0 Å². The summed E-state index contributed by atoms with van der Waals surface area (Å²) >= 11 is 1.18. The van der Waals surface area contributed by atoms with Gasteiger partial charge in [-0.2, -0.15) is 15.0 Å². The molecule has 2 aromatic heterocycles. The fourth-order valence-corrected chi connectivity index (χ4v) is 2.39. The molecule has 0 aliphatic rings. The predicted octanol–water partition coefficient (Wildman–Crippen LogP) is 0.758. The summed E-state index contributed by atoms with van der Waals surface area (Å²) in [5, 5.41) is 10.3. The van der Waals surface area contributed by atoms with Crippen molar-refractivity contribution in [1.29, 1.82) is 0 Å². The molecule has 2 aromatic rings. The molecule has 0 saturated heterocycles. The Kier molecular flexibility index (Phi) is 5.14. The number of rotatable bonds is 7. The van der Waals surface area contributed by atoms with Gasteiger partial charge in [0.1, 0.15) is 0 Å². The van der Waals surface area contributed by atoms with E-state index in [0.717, 1.165) is 6.42 Å². The highest BCUT2D eigenvalue weighted by atomic mass is 32.2. The van der Waals surface area contributed by atoms with Crippen molar-refractivity contribution in [1.82, 2.24) is 29.7 Å². The number of methoxy groups -OCH3 is 1. The van der Waals surface area contributed by atoms with Crippen molar-refractivity contribution in [3.8, 4) is 6.01 Å². The number of hydrogen-bond donors (Lipinski definition) is 2. The van der Waals surface area contributed by atoms with E-state index in [1.165, 1.54) is 18.9 Å². The van der Waals surface area contributed by atoms with Gasteiger partial charge in [0.2, 0.25) is 11.1 Å². The summed E-state index contributed by atoms with van der Waals surface area (Å²) in [5.41, 5.74) is -0.243. The summed E-state index contributed by atoms with van der Waals surface area (Å²) in [7, 11) is 1.49. The lowest BCUT2D eigenvalue weighted by Crippen LogP contribution is -2.17. The van der Waals surface area contributed by atoms with Crippen LogP contribution in [-0.2, 0) is 6.54 Å². The monoisotopic (exact) mass is 311 g/mol. The second-order valence-electron chi connectivity index (χ2n) is 4.02. The van der Waals surface area contributed by atoms with Crippen molar-refractivity contribution < 1.29 is 4.74 Å². The molecule has 0 radical (unpaired) electrons. The van der Waals surface area contributed by atoms with Gasteiger partial charge in [-0.25, -0.2) is 9.89 Å². The molecule has 2 rings (SSSR count). The lowest BCUT2D eigenvalue weighted by atomic mass is 10.5. The zero-order valence-corrected chi connectivity index (χ0v) is 12.9. The van der Waals surface area contributed by atoms with Gasteiger partial charge >= 0.3 is 11.7 Å². The van der Waals surface area contributed by atoms with Crippen molar-refractivity contribution in [3.63, 3.8) is 0 Å². The maximum absolute atomic E-state index is 11.7. The summed E-state index contributed by atoms with van der Waals surface area (Å²) in [4.78, 5) is 24.1. The maximum Gasteiger partial charge on any atom is 0.343 e. The molecule has 0 unspecified atom stereocenters. The Morgan fingerprint density at radius 2 is 2.14 bits per heavy atom. The molecule has 0 bridgehead atoms. The summed E-state index contributed by atoms with van der Waals surface area (Å²) in [5.74, 6) is 0.423. The second kappa shape index (κ2) is 7.07. The highest BCUT2D eigenvalue weighted by Gasteiger charge is 2.13. The summed E-state index contributed by atoms with van der Waals surface area (Å²) in [6.45, 7) is 5.19. The molecular formula is C11H17N7O2S. The van der Waals surface area contributed by atoms with Crippen molar-refractivity contribution in [2.24, 2.45) is 0 Å². The van der Waals surface area contributed by atoms with Crippen LogP contribution in [-0.4, -0.2) is 43.4 Å². The Hall–Kier alpha value is -2.10. The molecule has 0 atom stereocenters. The van der Waals surface area contributed by atoms with E-state index in [4.69, 9.17) is 4.74 Å². The molecule has 10 heteroatoms. The van der Waals surface area contributed by atoms with Gasteiger partial charge in [0.05, 0.1) is 7.11 Å². The van der Waals surface area contributed by atoms with E-state index in [-0.39, 0.29) is 11.7 Å². The smallest absolute Gasteiger partial charge is 0.343 e. The Bertz CT molecular complexity index is 654. The van der Waals surface area contributed by atoms with Crippen LogP contribution in [0.1, 0.15) is 20.3 Å². The molecule has 2 heterocycles. The van der Waals surface area contributed by atoms with Gasteiger partial charge in [0.25, 0.3) is 0 Å². The van der Waals surface area contributed by atoms with E-state index >= 15 is 0 Å². The lowest BCUT2D eigenvalue weighted by molar-refractivity contribution is 0.373. The van der Waals surface area contributed by atoms with Crippen LogP contribution in [0.5, 0.6) is 6.01 Å². The molecule has 21 heavy (non-hydrogen) atoms. The molecule has 114 valence electrons. The van der Waals surface area contributed by atoms with Gasteiger partial charge in [0, 0.05) is 13.1 Å². The molecule has 0 fully saturated rings. The third kappa shape index (κ3) is 3.72. The van der Waals surface area contributed by atoms with Gasteiger partial charge in [-0.05, 0) is 25.1 Å². The van der Waals surface area contributed by atoms with E-state index < -0.39 is 0 Å². The number of hydrogen-bond acceptors (Lipinski definition) is 8. The largest absolute Gasteiger partial charge is 0.467 e. The molecule has 9 nitrogen and oxygen atoms in total.